The first-order valence-electron chi connectivity index (χ1n) is 5.81. The number of hydrogen-bond acceptors (Lipinski definition) is 4. The maximum atomic E-state index is 6.19. The fourth-order valence-corrected chi connectivity index (χ4v) is 3.22. The molecule has 0 spiro atoms. The van der Waals surface area contributed by atoms with E-state index in [1.54, 1.807) is 18.4 Å². The first-order chi connectivity index (χ1) is 7.52. The standard InChI is InChI=1S/C12H20N2OS/c1-12(2,15-3)7-8(13)11-14-9-5-4-6-10(9)16-11/h8H,4-7,13H2,1-3H3. The molecule has 0 saturated carbocycles. The number of rotatable bonds is 4. The molecule has 1 aromatic heterocycles. The second kappa shape index (κ2) is 4.43. The lowest BCUT2D eigenvalue weighted by Gasteiger charge is -2.25. The number of hydrogen-bond donors (Lipinski definition) is 1. The zero-order chi connectivity index (χ0) is 11.8. The molecule has 0 amide bonds. The van der Waals surface area contributed by atoms with Gasteiger partial charge < -0.3 is 10.5 Å². The summed E-state index contributed by atoms with van der Waals surface area (Å²) in [5, 5.41) is 1.08. The lowest BCUT2D eigenvalue weighted by Crippen LogP contribution is -2.28. The Kier molecular flexibility index (Phi) is 3.33. The molecule has 0 aliphatic heterocycles. The largest absolute Gasteiger partial charge is 0.379 e. The monoisotopic (exact) mass is 240 g/mol. The second-order valence-electron chi connectivity index (χ2n) is 5.05. The van der Waals surface area contributed by atoms with Crippen molar-refractivity contribution in [1.29, 1.82) is 0 Å². The van der Waals surface area contributed by atoms with Crippen molar-refractivity contribution < 1.29 is 4.74 Å². The number of aryl methyl sites for hydroxylation is 2. The molecule has 90 valence electrons. The van der Waals surface area contributed by atoms with Gasteiger partial charge in [-0.25, -0.2) is 4.98 Å². The zero-order valence-corrected chi connectivity index (χ0v) is 11.1. The summed E-state index contributed by atoms with van der Waals surface area (Å²) in [5.74, 6) is 0. The third-order valence-corrected chi connectivity index (χ3v) is 4.48. The number of nitrogens with two attached hydrogens (primary N) is 1. The highest BCUT2D eigenvalue weighted by Gasteiger charge is 2.25. The van der Waals surface area contributed by atoms with Gasteiger partial charge in [-0.1, -0.05) is 0 Å². The van der Waals surface area contributed by atoms with Crippen molar-refractivity contribution >= 4 is 11.3 Å². The molecule has 1 atom stereocenters. The van der Waals surface area contributed by atoms with Gasteiger partial charge in [-0.2, -0.15) is 0 Å². The second-order valence-corrected chi connectivity index (χ2v) is 6.17. The molecule has 2 N–H and O–H groups in total. The van der Waals surface area contributed by atoms with Crippen LogP contribution in [0.3, 0.4) is 0 Å². The normalized spacial score (nSPS) is 17.5. The van der Waals surface area contributed by atoms with Gasteiger partial charge in [0.2, 0.25) is 0 Å². The predicted molar refractivity (Wildman–Crippen MR) is 66.8 cm³/mol. The van der Waals surface area contributed by atoms with E-state index in [1.165, 1.54) is 23.4 Å². The van der Waals surface area contributed by atoms with E-state index >= 15 is 0 Å². The fourth-order valence-electron chi connectivity index (χ4n) is 2.07. The van der Waals surface area contributed by atoms with Crippen molar-refractivity contribution in [1.82, 2.24) is 4.98 Å². The van der Waals surface area contributed by atoms with Crippen LogP contribution in [0.5, 0.6) is 0 Å². The smallest absolute Gasteiger partial charge is 0.110 e. The van der Waals surface area contributed by atoms with Crippen molar-refractivity contribution in [2.45, 2.75) is 51.2 Å². The van der Waals surface area contributed by atoms with Gasteiger partial charge in [-0.05, 0) is 39.5 Å². The molecule has 1 aliphatic carbocycles. The van der Waals surface area contributed by atoms with Gasteiger partial charge >= 0.3 is 0 Å². The summed E-state index contributed by atoms with van der Waals surface area (Å²) in [7, 11) is 1.73. The van der Waals surface area contributed by atoms with Crippen LogP contribution in [0.4, 0.5) is 0 Å². The summed E-state index contributed by atoms with van der Waals surface area (Å²) in [6, 6.07) is 0.00514. The molecular formula is C12H20N2OS. The molecule has 0 radical (unpaired) electrons. The highest BCUT2D eigenvalue weighted by molar-refractivity contribution is 7.11. The van der Waals surface area contributed by atoms with E-state index in [0.717, 1.165) is 17.8 Å². The first kappa shape index (κ1) is 12.0. The van der Waals surface area contributed by atoms with Gasteiger partial charge in [-0.15, -0.1) is 11.3 Å². The Hall–Kier alpha value is -0.450. The third-order valence-electron chi connectivity index (χ3n) is 3.19. The Bertz CT molecular complexity index is 352. The highest BCUT2D eigenvalue weighted by atomic mass is 32.1. The van der Waals surface area contributed by atoms with Crippen molar-refractivity contribution in [3.05, 3.63) is 15.6 Å². The van der Waals surface area contributed by atoms with Crippen LogP contribution < -0.4 is 5.73 Å². The summed E-state index contributed by atoms with van der Waals surface area (Å²) >= 11 is 1.79. The maximum absolute atomic E-state index is 6.19. The Morgan fingerprint density at radius 1 is 1.50 bits per heavy atom. The van der Waals surface area contributed by atoms with Crippen molar-refractivity contribution in [2.24, 2.45) is 5.73 Å². The van der Waals surface area contributed by atoms with Gasteiger partial charge in [0.15, 0.2) is 0 Å². The molecule has 1 aliphatic rings. The predicted octanol–water partition coefficient (Wildman–Crippen LogP) is 2.45. The number of fused-ring (bicyclic) bond motifs is 1. The minimum Gasteiger partial charge on any atom is -0.379 e. The van der Waals surface area contributed by atoms with Crippen LogP contribution in [-0.2, 0) is 17.6 Å². The minimum atomic E-state index is -0.171. The lowest BCUT2D eigenvalue weighted by atomic mass is 10.00. The maximum Gasteiger partial charge on any atom is 0.110 e. The van der Waals surface area contributed by atoms with Crippen LogP contribution in [0.15, 0.2) is 0 Å². The molecule has 0 saturated heterocycles. The van der Waals surface area contributed by atoms with E-state index in [9.17, 15) is 0 Å². The van der Waals surface area contributed by atoms with Crippen LogP contribution in [0, 0.1) is 0 Å². The average molecular weight is 240 g/mol. The molecule has 1 heterocycles. The summed E-state index contributed by atoms with van der Waals surface area (Å²) in [6.07, 6.45) is 4.39. The van der Waals surface area contributed by atoms with Gasteiger partial charge in [-0.3, -0.25) is 0 Å². The fraction of sp³-hybridized carbons (Fsp3) is 0.750. The molecule has 4 heteroatoms. The van der Waals surface area contributed by atoms with Crippen molar-refractivity contribution in [2.75, 3.05) is 7.11 Å². The van der Waals surface area contributed by atoms with Crippen LogP contribution >= 0.6 is 11.3 Å². The van der Waals surface area contributed by atoms with E-state index < -0.39 is 0 Å². The van der Waals surface area contributed by atoms with E-state index in [2.05, 4.69) is 18.8 Å². The van der Waals surface area contributed by atoms with Gasteiger partial charge in [0, 0.05) is 12.0 Å². The Labute approximate surface area is 101 Å². The molecule has 0 bridgehead atoms. The van der Waals surface area contributed by atoms with E-state index in [0.29, 0.717) is 0 Å². The summed E-state index contributed by atoms with van der Waals surface area (Å²) < 4.78 is 5.40. The van der Waals surface area contributed by atoms with Crippen molar-refractivity contribution in [3.8, 4) is 0 Å². The van der Waals surface area contributed by atoms with Gasteiger partial charge in [0.1, 0.15) is 5.01 Å². The minimum absolute atomic E-state index is 0.00514. The first-order valence-corrected chi connectivity index (χ1v) is 6.63. The van der Waals surface area contributed by atoms with Crippen LogP contribution in [0.2, 0.25) is 0 Å². The lowest BCUT2D eigenvalue weighted by molar-refractivity contribution is 0.00993. The molecule has 16 heavy (non-hydrogen) atoms. The molecule has 0 fully saturated rings. The van der Waals surface area contributed by atoms with Crippen LogP contribution in [0.1, 0.15) is 48.3 Å². The molecular weight excluding hydrogens is 220 g/mol. The summed E-state index contributed by atoms with van der Waals surface area (Å²) in [4.78, 5) is 6.09. The Morgan fingerprint density at radius 3 is 2.88 bits per heavy atom. The molecule has 1 unspecified atom stereocenters. The highest BCUT2D eigenvalue weighted by Crippen LogP contribution is 2.32. The van der Waals surface area contributed by atoms with Gasteiger partial charge in [0.25, 0.3) is 0 Å². The number of aromatic nitrogens is 1. The third kappa shape index (κ3) is 2.44. The van der Waals surface area contributed by atoms with E-state index in [1.807, 2.05) is 0 Å². The quantitative estimate of drug-likeness (QED) is 0.879. The molecule has 3 nitrogen and oxygen atoms in total. The van der Waals surface area contributed by atoms with Crippen LogP contribution in [-0.4, -0.2) is 17.7 Å². The average Bonchev–Trinajstić information content (AvgIpc) is 2.75. The molecule has 1 aromatic rings. The van der Waals surface area contributed by atoms with E-state index in [-0.39, 0.29) is 11.6 Å². The summed E-state index contributed by atoms with van der Waals surface area (Å²) in [5.41, 5.74) is 7.30. The number of nitrogens with zero attached hydrogens (tertiary/aromatic N) is 1. The topological polar surface area (TPSA) is 48.1 Å². The van der Waals surface area contributed by atoms with E-state index in [4.69, 9.17) is 10.5 Å². The molecule has 2 rings (SSSR count). The number of methoxy groups -OCH3 is 1. The zero-order valence-electron chi connectivity index (χ0n) is 10.2. The van der Waals surface area contributed by atoms with Crippen LogP contribution in [0.25, 0.3) is 0 Å². The molecule has 0 aromatic carbocycles. The van der Waals surface area contributed by atoms with Crippen molar-refractivity contribution in [3.63, 3.8) is 0 Å². The SMILES string of the molecule is COC(C)(C)CC(N)c1nc2c(s1)CCC2. The number of ether oxygens (including phenoxy) is 1. The van der Waals surface area contributed by atoms with Gasteiger partial charge in [0.05, 0.1) is 17.3 Å². The Balaban J connectivity index is 2.06. The Morgan fingerprint density at radius 2 is 2.25 bits per heavy atom. The summed E-state index contributed by atoms with van der Waals surface area (Å²) in [6.45, 7) is 4.13. The number of thiazole rings is 1.